The second kappa shape index (κ2) is 4.21. The van der Waals surface area contributed by atoms with Crippen LogP contribution in [0.15, 0.2) is 24.3 Å². The van der Waals surface area contributed by atoms with E-state index in [4.69, 9.17) is 5.26 Å². The Morgan fingerprint density at radius 1 is 1.44 bits per heavy atom. The summed E-state index contributed by atoms with van der Waals surface area (Å²) in [7, 11) is 0. The van der Waals surface area contributed by atoms with Gasteiger partial charge in [0.2, 0.25) is 5.88 Å². The largest absolute Gasteiger partial charge is 0.492 e. The van der Waals surface area contributed by atoms with Gasteiger partial charge in [-0.25, -0.2) is 0 Å². The standard InChI is InChI=1S/C11H9N3OS/c1-7-4-2-3-5-9(7)13-11-8(6-12)10(15)14-16-11/h2-5,13H,1H3,(H,14,15). The Bertz CT molecular complexity index is 557. The lowest BCUT2D eigenvalue weighted by atomic mass is 10.2. The summed E-state index contributed by atoms with van der Waals surface area (Å²) in [6.45, 7) is 1.97. The fraction of sp³-hybridized carbons (Fsp3) is 0.0909. The number of aryl methyl sites for hydroxylation is 1. The molecule has 0 spiro atoms. The van der Waals surface area contributed by atoms with E-state index in [0.29, 0.717) is 5.00 Å². The molecule has 0 aliphatic heterocycles. The van der Waals surface area contributed by atoms with Crippen molar-refractivity contribution in [2.45, 2.75) is 6.92 Å². The lowest BCUT2D eigenvalue weighted by Gasteiger charge is -2.06. The van der Waals surface area contributed by atoms with Gasteiger partial charge in [0, 0.05) is 5.69 Å². The number of aromatic nitrogens is 1. The first-order chi connectivity index (χ1) is 7.72. The molecule has 0 saturated heterocycles. The molecule has 1 aromatic heterocycles. The van der Waals surface area contributed by atoms with Gasteiger partial charge >= 0.3 is 0 Å². The van der Waals surface area contributed by atoms with Crippen LogP contribution in [0.5, 0.6) is 5.88 Å². The summed E-state index contributed by atoms with van der Waals surface area (Å²) in [6.07, 6.45) is 0. The van der Waals surface area contributed by atoms with Crippen LogP contribution in [-0.2, 0) is 0 Å². The van der Waals surface area contributed by atoms with Crippen LogP contribution in [0.2, 0.25) is 0 Å². The molecule has 0 amide bonds. The molecule has 0 fully saturated rings. The molecule has 2 rings (SSSR count). The predicted molar refractivity (Wildman–Crippen MR) is 63.0 cm³/mol. The van der Waals surface area contributed by atoms with E-state index >= 15 is 0 Å². The van der Waals surface area contributed by atoms with Gasteiger partial charge in [-0.15, -0.1) is 0 Å². The molecule has 2 N–H and O–H groups in total. The summed E-state index contributed by atoms with van der Waals surface area (Å²) in [6, 6.07) is 9.64. The highest BCUT2D eigenvalue weighted by molar-refractivity contribution is 7.10. The summed E-state index contributed by atoms with van der Waals surface area (Å²) in [5.41, 5.74) is 2.16. The van der Waals surface area contributed by atoms with Gasteiger partial charge in [0.15, 0.2) is 5.56 Å². The molecule has 1 heterocycles. The molecule has 0 aliphatic rings. The van der Waals surface area contributed by atoms with Gasteiger partial charge in [-0.1, -0.05) is 18.2 Å². The smallest absolute Gasteiger partial charge is 0.243 e. The lowest BCUT2D eigenvalue weighted by Crippen LogP contribution is -1.91. The van der Waals surface area contributed by atoms with Crippen molar-refractivity contribution in [2.24, 2.45) is 0 Å². The van der Waals surface area contributed by atoms with Crippen LogP contribution in [0, 0.1) is 18.3 Å². The van der Waals surface area contributed by atoms with E-state index in [0.717, 1.165) is 22.8 Å². The minimum Gasteiger partial charge on any atom is -0.492 e. The van der Waals surface area contributed by atoms with Crippen LogP contribution in [0.25, 0.3) is 0 Å². The number of nitrogens with zero attached hydrogens (tertiary/aromatic N) is 2. The number of hydrogen-bond acceptors (Lipinski definition) is 5. The van der Waals surface area contributed by atoms with Crippen molar-refractivity contribution < 1.29 is 5.11 Å². The van der Waals surface area contributed by atoms with E-state index < -0.39 is 0 Å². The first kappa shape index (κ1) is 10.5. The van der Waals surface area contributed by atoms with Crippen molar-refractivity contribution in [3.05, 3.63) is 35.4 Å². The molecule has 1 aromatic carbocycles. The fourth-order valence-corrected chi connectivity index (χ4v) is 1.96. The zero-order valence-corrected chi connectivity index (χ0v) is 9.38. The zero-order valence-electron chi connectivity index (χ0n) is 8.56. The SMILES string of the molecule is Cc1ccccc1Nc1snc(O)c1C#N. The molecule has 4 nitrogen and oxygen atoms in total. The number of hydrogen-bond donors (Lipinski definition) is 2. The average molecular weight is 231 g/mol. The molecule has 0 saturated carbocycles. The predicted octanol–water partition coefficient (Wildman–Crippen LogP) is 2.77. The Morgan fingerprint density at radius 3 is 2.88 bits per heavy atom. The average Bonchev–Trinajstić information content (AvgIpc) is 2.63. The molecule has 0 atom stereocenters. The van der Waals surface area contributed by atoms with E-state index in [1.54, 1.807) is 0 Å². The number of anilines is 2. The number of nitrogens with one attached hydrogen (secondary N) is 1. The van der Waals surface area contributed by atoms with E-state index in [-0.39, 0.29) is 11.4 Å². The molecule has 0 unspecified atom stereocenters. The second-order valence-electron chi connectivity index (χ2n) is 3.26. The van der Waals surface area contributed by atoms with Crippen molar-refractivity contribution in [1.82, 2.24) is 4.37 Å². The van der Waals surface area contributed by atoms with Gasteiger partial charge in [-0.05, 0) is 30.1 Å². The molecule has 2 aromatic rings. The van der Waals surface area contributed by atoms with E-state index in [9.17, 15) is 5.11 Å². The topological polar surface area (TPSA) is 68.9 Å². The maximum Gasteiger partial charge on any atom is 0.243 e. The molecule has 0 bridgehead atoms. The quantitative estimate of drug-likeness (QED) is 0.833. The molecular formula is C11H9N3OS. The van der Waals surface area contributed by atoms with Gasteiger partial charge in [0.25, 0.3) is 0 Å². The number of benzene rings is 1. The molecular weight excluding hydrogens is 222 g/mol. The van der Waals surface area contributed by atoms with Crippen LogP contribution in [0.3, 0.4) is 0 Å². The number of rotatable bonds is 2. The van der Waals surface area contributed by atoms with Crippen molar-refractivity contribution >= 4 is 22.2 Å². The molecule has 0 radical (unpaired) electrons. The first-order valence-corrected chi connectivity index (χ1v) is 5.41. The monoisotopic (exact) mass is 231 g/mol. The highest BCUT2D eigenvalue weighted by Crippen LogP contribution is 2.31. The van der Waals surface area contributed by atoms with Crippen LogP contribution < -0.4 is 5.32 Å². The molecule has 0 aliphatic carbocycles. The van der Waals surface area contributed by atoms with Gasteiger partial charge < -0.3 is 10.4 Å². The Labute approximate surface area is 97.0 Å². The molecule has 16 heavy (non-hydrogen) atoms. The van der Waals surface area contributed by atoms with Gasteiger partial charge in [0.05, 0.1) is 0 Å². The summed E-state index contributed by atoms with van der Waals surface area (Å²) in [4.78, 5) is 0. The van der Waals surface area contributed by atoms with Crippen LogP contribution in [0.4, 0.5) is 10.7 Å². The second-order valence-corrected chi connectivity index (χ2v) is 4.04. The Kier molecular flexibility index (Phi) is 2.75. The van der Waals surface area contributed by atoms with Crippen molar-refractivity contribution in [3.8, 4) is 11.9 Å². The third kappa shape index (κ3) is 1.83. The third-order valence-electron chi connectivity index (χ3n) is 2.18. The first-order valence-electron chi connectivity index (χ1n) is 4.63. The normalized spacial score (nSPS) is 9.75. The van der Waals surface area contributed by atoms with Gasteiger partial charge in [-0.2, -0.15) is 9.64 Å². The minimum atomic E-state index is -0.219. The molecule has 5 heteroatoms. The van der Waals surface area contributed by atoms with Gasteiger partial charge in [0.1, 0.15) is 11.1 Å². The van der Waals surface area contributed by atoms with Crippen LogP contribution in [-0.4, -0.2) is 9.48 Å². The van der Waals surface area contributed by atoms with E-state index in [2.05, 4.69) is 9.69 Å². The fourth-order valence-electron chi connectivity index (χ4n) is 1.30. The number of para-hydroxylation sites is 1. The number of aromatic hydroxyl groups is 1. The summed E-state index contributed by atoms with van der Waals surface area (Å²) >= 11 is 1.07. The summed E-state index contributed by atoms with van der Waals surface area (Å²) in [5, 5.41) is 21.8. The Morgan fingerprint density at radius 2 is 2.19 bits per heavy atom. The van der Waals surface area contributed by atoms with Gasteiger partial charge in [-0.3, -0.25) is 0 Å². The van der Waals surface area contributed by atoms with Crippen molar-refractivity contribution in [3.63, 3.8) is 0 Å². The van der Waals surface area contributed by atoms with Crippen LogP contribution in [0.1, 0.15) is 11.1 Å². The van der Waals surface area contributed by atoms with Crippen molar-refractivity contribution in [1.29, 1.82) is 5.26 Å². The highest BCUT2D eigenvalue weighted by atomic mass is 32.1. The minimum absolute atomic E-state index is 0.188. The summed E-state index contributed by atoms with van der Waals surface area (Å²) < 4.78 is 3.73. The Hall–Kier alpha value is -2.06. The molecule has 80 valence electrons. The maximum absolute atomic E-state index is 9.32. The third-order valence-corrected chi connectivity index (χ3v) is 2.93. The zero-order chi connectivity index (χ0) is 11.5. The number of nitriles is 1. The Balaban J connectivity index is 2.35. The highest BCUT2D eigenvalue weighted by Gasteiger charge is 2.12. The summed E-state index contributed by atoms with van der Waals surface area (Å²) in [5.74, 6) is -0.219. The van der Waals surface area contributed by atoms with Crippen LogP contribution >= 0.6 is 11.5 Å². The maximum atomic E-state index is 9.32. The lowest BCUT2D eigenvalue weighted by molar-refractivity contribution is 0.458. The van der Waals surface area contributed by atoms with E-state index in [1.807, 2.05) is 37.3 Å². The van der Waals surface area contributed by atoms with Crippen molar-refractivity contribution in [2.75, 3.05) is 5.32 Å². The van der Waals surface area contributed by atoms with E-state index in [1.165, 1.54) is 0 Å².